The van der Waals surface area contributed by atoms with Crippen LogP contribution in [0.15, 0.2) is 39.1 Å². The highest BCUT2D eigenvalue weighted by Crippen LogP contribution is 2.41. The number of nitrogens with zero attached hydrogens (tertiary/aromatic N) is 3. The maximum Gasteiger partial charge on any atom is 0.352 e. The number of benzene rings is 1. The number of carbonyl (C=O) groups is 3. The number of aliphatic hydroxyl groups excluding tert-OH is 1. The van der Waals surface area contributed by atoms with E-state index in [-0.39, 0.29) is 33.9 Å². The zero-order chi connectivity index (χ0) is 24.6. The van der Waals surface area contributed by atoms with E-state index in [2.05, 4.69) is 15.5 Å². The lowest BCUT2D eigenvalue weighted by molar-refractivity contribution is -0.150. The van der Waals surface area contributed by atoms with Crippen molar-refractivity contribution >= 4 is 41.3 Å². The van der Waals surface area contributed by atoms with Gasteiger partial charge in [-0.05, 0) is 23.3 Å². The van der Waals surface area contributed by atoms with Gasteiger partial charge in [0.25, 0.3) is 11.1 Å². The van der Waals surface area contributed by atoms with Crippen LogP contribution in [-0.4, -0.2) is 71.1 Å². The lowest BCUT2D eigenvalue weighted by Crippen LogP contribution is -2.71. The van der Waals surface area contributed by atoms with E-state index >= 15 is 0 Å². The summed E-state index contributed by atoms with van der Waals surface area (Å²) in [4.78, 5) is 38.3. The summed E-state index contributed by atoms with van der Waals surface area (Å²) >= 11 is 2.34. The van der Waals surface area contributed by atoms with Crippen LogP contribution >= 0.6 is 23.5 Å². The van der Waals surface area contributed by atoms with Crippen molar-refractivity contribution in [3.8, 4) is 5.75 Å². The average molecular weight is 512 g/mol. The molecule has 2 unspecified atom stereocenters. The fourth-order valence-electron chi connectivity index (χ4n) is 3.41. The molecule has 2 aliphatic heterocycles. The molecule has 0 aliphatic carbocycles. The Morgan fingerprint density at radius 3 is 2.82 bits per heavy atom. The lowest BCUT2D eigenvalue weighted by Gasteiger charge is -2.49. The van der Waals surface area contributed by atoms with E-state index in [1.54, 1.807) is 0 Å². The normalized spacial score (nSPS) is 20.6. The summed E-state index contributed by atoms with van der Waals surface area (Å²) in [7, 11) is 0. The summed E-state index contributed by atoms with van der Waals surface area (Å²) < 4.78 is 18.8. The highest BCUT2D eigenvalue weighted by Gasteiger charge is 2.54. The largest absolute Gasteiger partial charge is 0.505 e. The third kappa shape index (κ3) is 4.46. The molecule has 1 aromatic heterocycles. The van der Waals surface area contributed by atoms with Crippen molar-refractivity contribution in [2.75, 3.05) is 11.5 Å². The number of halogens is 1. The molecule has 0 radical (unpaired) electrons. The Balaban J connectivity index is 1.44. The maximum absolute atomic E-state index is 13.6. The van der Waals surface area contributed by atoms with Gasteiger partial charge < -0.3 is 30.8 Å². The molecule has 1 fully saturated rings. The summed E-state index contributed by atoms with van der Waals surface area (Å²) in [6.07, 6.45) is 0. The molecule has 180 valence electrons. The first-order chi connectivity index (χ1) is 16.2. The quantitative estimate of drug-likeness (QED) is 0.235. The number of aliphatic carboxylic acids is 1. The van der Waals surface area contributed by atoms with Gasteiger partial charge in [-0.2, -0.15) is 0 Å². The van der Waals surface area contributed by atoms with Gasteiger partial charge >= 0.3 is 5.97 Å². The zero-order valence-corrected chi connectivity index (χ0v) is 18.8. The fraction of sp³-hybridized carbons (Fsp3) is 0.316. The number of amides is 2. The van der Waals surface area contributed by atoms with E-state index < -0.39 is 53.4 Å². The van der Waals surface area contributed by atoms with Gasteiger partial charge in [0.2, 0.25) is 11.8 Å². The number of β-lactam (4-membered cyclic amide) rings is 1. The SMILES string of the molecule is NC(C(=O)NC1C(=O)N2C(C(=O)O)=C(CSc3nnc(CO)o3)CS[C@H]12)c1ccc(O)c(F)c1. The van der Waals surface area contributed by atoms with Crippen molar-refractivity contribution in [2.45, 2.75) is 29.3 Å². The minimum Gasteiger partial charge on any atom is -0.505 e. The van der Waals surface area contributed by atoms with Crippen LogP contribution in [0.4, 0.5) is 4.39 Å². The smallest absolute Gasteiger partial charge is 0.352 e. The second-order valence-corrected chi connectivity index (χ2v) is 9.28. The van der Waals surface area contributed by atoms with Gasteiger partial charge in [0.05, 0.1) is 0 Å². The average Bonchev–Trinajstić information content (AvgIpc) is 3.29. The van der Waals surface area contributed by atoms with E-state index in [1.165, 1.54) is 17.8 Å². The van der Waals surface area contributed by atoms with Crippen LogP contribution in [0.3, 0.4) is 0 Å². The Morgan fingerprint density at radius 2 is 2.18 bits per heavy atom. The molecule has 0 bridgehead atoms. The Morgan fingerprint density at radius 1 is 1.41 bits per heavy atom. The van der Waals surface area contributed by atoms with E-state index in [1.807, 2.05) is 0 Å². The Labute approximate surface area is 199 Å². The maximum atomic E-state index is 13.6. The molecule has 15 heteroatoms. The number of aromatic nitrogens is 2. The standard InChI is InChI=1S/C19H18FN5O7S2/c20-9-3-7(1-2-10(9)27)12(21)15(28)22-13-16(29)25-14(18(30)31)8(5-33-17(13)25)6-34-19-24-23-11(4-26)32-19/h1-3,12-13,17,26-27H,4-6,21H2,(H,22,28)(H,30,31)/t12?,13?,17-/m1/s1. The molecule has 0 saturated carbocycles. The number of aromatic hydroxyl groups is 1. The predicted octanol–water partition coefficient (Wildman–Crippen LogP) is -0.0627. The number of carboxylic acids is 1. The summed E-state index contributed by atoms with van der Waals surface area (Å²) in [5, 5.41) is 37.3. The van der Waals surface area contributed by atoms with Crippen LogP contribution in [0, 0.1) is 5.82 Å². The molecule has 2 amide bonds. The molecule has 1 aromatic carbocycles. The molecular weight excluding hydrogens is 493 g/mol. The summed E-state index contributed by atoms with van der Waals surface area (Å²) in [5.74, 6) is -3.73. The van der Waals surface area contributed by atoms with Crippen LogP contribution < -0.4 is 11.1 Å². The second kappa shape index (κ2) is 9.61. The van der Waals surface area contributed by atoms with Gasteiger partial charge in [-0.3, -0.25) is 14.5 Å². The number of rotatable bonds is 8. The van der Waals surface area contributed by atoms with Crippen LogP contribution in [0.2, 0.25) is 0 Å². The Bertz CT molecular complexity index is 1190. The predicted molar refractivity (Wildman–Crippen MR) is 116 cm³/mol. The van der Waals surface area contributed by atoms with E-state index in [0.717, 1.165) is 28.8 Å². The van der Waals surface area contributed by atoms with Crippen LogP contribution in [0.1, 0.15) is 17.5 Å². The number of fused-ring (bicyclic) bond motifs is 1. The van der Waals surface area contributed by atoms with Crippen molar-refractivity contribution in [3.63, 3.8) is 0 Å². The summed E-state index contributed by atoms with van der Waals surface area (Å²) in [5.41, 5.74) is 6.24. The third-order valence-electron chi connectivity index (χ3n) is 5.11. The summed E-state index contributed by atoms with van der Waals surface area (Å²) in [6.45, 7) is -0.422. The number of phenolic OH excluding ortho intramolecular Hbond substituents is 1. The molecule has 2 aliphatic rings. The van der Waals surface area contributed by atoms with Crippen LogP contribution in [-0.2, 0) is 21.0 Å². The number of nitrogens with one attached hydrogen (secondary N) is 1. The number of carboxylic acid groups (broad SMARTS) is 1. The van der Waals surface area contributed by atoms with Gasteiger partial charge in [-0.25, -0.2) is 9.18 Å². The van der Waals surface area contributed by atoms with Crippen molar-refractivity contribution in [1.29, 1.82) is 0 Å². The number of carbonyl (C=O) groups excluding carboxylic acids is 2. The van der Waals surface area contributed by atoms with E-state index in [9.17, 15) is 29.0 Å². The zero-order valence-electron chi connectivity index (χ0n) is 17.2. The van der Waals surface area contributed by atoms with Crippen molar-refractivity contribution in [3.05, 3.63) is 46.7 Å². The van der Waals surface area contributed by atoms with Crippen molar-refractivity contribution < 1.29 is 38.5 Å². The van der Waals surface area contributed by atoms with Gasteiger partial charge in [-0.1, -0.05) is 17.8 Å². The highest BCUT2D eigenvalue weighted by atomic mass is 32.2. The molecule has 2 aromatic rings. The van der Waals surface area contributed by atoms with Crippen LogP contribution in [0.5, 0.6) is 5.75 Å². The molecule has 3 atom stereocenters. The number of thioether (sulfide) groups is 2. The molecule has 6 N–H and O–H groups in total. The number of phenols is 1. The Hall–Kier alpha value is -3.14. The van der Waals surface area contributed by atoms with Crippen molar-refractivity contribution in [1.82, 2.24) is 20.4 Å². The van der Waals surface area contributed by atoms with Crippen LogP contribution in [0.25, 0.3) is 0 Å². The number of aliphatic hydroxyl groups is 1. The third-order valence-corrected chi connectivity index (χ3v) is 7.36. The van der Waals surface area contributed by atoms with E-state index in [4.69, 9.17) is 15.3 Å². The molecule has 12 nitrogen and oxygen atoms in total. The van der Waals surface area contributed by atoms with E-state index in [0.29, 0.717) is 5.57 Å². The molecule has 3 heterocycles. The number of nitrogens with two attached hydrogens (primary N) is 1. The minimum atomic E-state index is -1.30. The van der Waals surface area contributed by atoms with Gasteiger partial charge in [-0.15, -0.1) is 22.0 Å². The Kier molecular flexibility index (Phi) is 6.79. The molecule has 4 rings (SSSR count). The van der Waals surface area contributed by atoms with Gasteiger partial charge in [0.1, 0.15) is 29.8 Å². The molecule has 0 spiro atoms. The molecule has 1 saturated heterocycles. The van der Waals surface area contributed by atoms with Gasteiger partial charge in [0.15, 0.2) is 11.6 Å². The topological polar surface area (TPSA) is 192 Å². The highest BCUT2D eigenvalue weighted by molar-refractivity contribution is 8.01. The lowest BCUT2D eigenvalue weighted by atomic mass is 10.0. The molecule has 34 heavy (non-hydrogen) atoms. The number of hydrogen-bond donors (Lipinski definition) is 5. The first-order valence-electron chi connectivity index (χ1n) is 9.71. The fourth-order valence-corrected chi connectivity index (χ4v) is 5.68. The van der Waals surface area contributed by atoms with Crippen molar-refractivity contribution in [2.24, 2.45) is 5.73 Å². The summed E-state index contributed by atoms with van der Waals surface area (Å²) in [6, 6.07) is 0.969. The first-order valence-corrected chi connectivity index (χ1v) is 11.7. The second-order valence-electron chi connectivity index (χ2n) is 7.25. The number of hydrogen-bond acceptors (Lipinski definition) is 11. The molecular formula is C19H18FN5O7S2. The monoisotopic (exact) mass is 511 g/mol. The first kappa shape index (κ1) is 24.0. The van der Waals surface area contributed by atoms with Gasteiger partial charge in [0, 0.05) is 11.5 Å². The minimum absolute atomic E-state index is 0.0257.